The summed E-state index contributed by atoms with van der Waals surface area (Å²) in [7, 11) is 0. The third-order valence-corrected chi connectivity index (χ3v) is 21.3. The van der Waals surface area contributed by atoms with Crippen molar-refractivity contribution in [1.82, 2.24) is 0 Å². The molecule has 3 nitrogen and oxygen atoms in total. The third kappa shape index (κ3) is 8.70. The average molecular weight is 1100 g/mol. The zero-order chi connectivity index (χ0) is 58.2. The quantitative estimate of drug-likeness (QED) is 0.159. The van der Waals surface area contributed by atoms with Crippen LogP contribution in [0.15, 0.2) is 146 Å². The molecular weight excluding hydrogens is 1010 g/mol. The lowest BCUT2D eigenvalue weighted by Gasteiger charge is -2.48. The standard InChI is InChI=1S/C77H86BN3S/c1-47-39-66-69-67(40-47)81(54-41-56-55-21-19-20-22-68(55)82-70(56)61(43-54)73(8,9)10)64-44-53(79(50-27-23-48(24-28-50)71(2,3)4)51-29-25-49(26-30-51)72(5,6)7)32-34-62(64)78(69)63-45-59-60(77(17,18)38-37-76(59,15)16)46-65(63)80(66)52-31-33-57-58(42-52)75(13,14)36-35-74(57,11)12/h19-34,39-46H,35-38H2,1-18H3. The molecule has 0 bridgehead atoms. The number of fused-ring (bicyclic) bond motifs is 9. The molecule has 13 rings (SSSR count). The van der Waals surface area contributed by atoms with Crippen LogP contribution in [0.5, 0.6) is 0 Å². The molecule has 5 heteroatoms. The van der Waals surface area contributed by atoms with E-state index in [4.69, 9.17) is 0 Å². The Bertz CT molecular complexity index is 4010. The number of aryl methyl sites for hydroxylation is 1. The minimum Gasteiger partial charge on any atom is -0.311 e. The molecule has 418 valence electrons. The average Bonchev–Trinajstić information content (AvgIpc) is 1.14. The molecule has 0 atom stereocenters. The van der Waals surface area contributed by atoms with Crippen molar-refractivity contribution in [2.24, 2.45) is 0 Å². The van der Waals surface area contributed by atoms with Crippen LogP contribution in [0.2, 0.25) is 0 Å². The van der Waals surface area contributed by atoms with E-state index < -0.39 is 0 Å². The summed E-state index contributed by atoms with van der Waals surface area (Å²) in [6.07, 6.45) is 4.67. The fourth-order valence-corrected chi connectivity index (χ4v) is 16.2. The lowest BCUT2D eigenvalue weighted by molar-refractivity contribution is 0.332. The van der Waals surface area contributed by atoms with Gasteiger partial charge in [-0.1, -0.05) is 178 Å². The predicted molar refractivity (Wildman–Crippen MR) is 359 cm³/mol. The number of hydrogen-bond donors (Lipinski definition) is 0. The zero-order valence-electron chi connectivity index (χ0n) is 52.5. The van der Waals surface area contributed by atoms with Gasteiger partial charge >= 0.3 is 0 Å². The Morgan fingerprint density at radius 1 is 0.427 bits per heavy atom. The summed E-state index contributed by atoms with van der Waals surface area (Å²) in [5, 5.41) is 2.65. The highest BCUT2D eigenvalue weighted by molar-refractivity contribution is 7.26. The second kappa shape index (κ2) is 18.2. The molecule has 0 radical (unpaired) electrons. The molecule has 4 aliphatic rings. The first-order valence-electron chi connectivity index (χ1n) is 30.6. The maximum atomic E-state index is 2.71. The third-order valence-electron chi connectivity index (χ3n) is 20.0. The van der Waals surface area contributed by atoms with Crippen molar-refractivity contribution in [3.05, 3.63) is 190 Å². The van der Waals surface area contributed by atoms with Gasteiger partial charge in [0.2, 0.25) is 0 Å². The largest absolute Gasteiger partial charge is 0.311 e. The fraction of sp³-hybridized carbons (Fsp3) is 0.377. The normalized spacial score (nSPS) is 17.5. The van der Waals surface area contributed by atoms with Crippen LogP contribution in [0.4, 0.5) is 51.2 Å². The molecule has 0 N–H and O–H groups in total. The van der Waals surface area contributed by atoms with Gasteiger partial charge in [-0.05, 0) is 216 Å². The van der Waals surface area contributed by atoms with E-state index in [0.717, 1.165) is 29.9 Å². The minimum absolute atomic E-state index is 0.0174. The molecule has 82 heavy (non-hydrogen) atoms. The maximum absolute atomic E-state index is 2.71. The lowest BCUT2D eigenvalue weighted by atomic mass is 9.33. The molecule has 3 heterocycles. The Morgan fingerprint density at radius 2 is 0.927 bits per heavy atom. The fourth-order valence-electron chi connectivity index (χ4n) is 14.8. The number of nitrogens with zero attached hydrogens (tertiary/aromatic N) is 3. The molecule has 2 aliphatic heterocycles. The van der Waals surface area contributed by atoms with Gasteiger partial charge in [-0.3, -0.25) is 0 Å². The van der Waals surface area contributed by atoms with Crippen molar-refractivity contribution in [1.29, 1.82) is 0 Å². The molecule has 0 amide bonds. The Hall–Kier alpha value is -6.56. The van der Waals surface area contributed by atoms with E-state index in [9.17, 15) is 0 Å². The van der Waals surface area contributed by atoms with Crippen LogP contribution in [-0.2, 0) is 37.9 Å². The van der Waals surface area contributed by atoms with Crippen molar-refractivity contribution in [2.75, 3.05) is 14.7 Å². The van der Waals surface area contributed by atoms with Gasteiger partial charge < -0.3 is 14.7 Å². The number of anilines is 9. The van der Waals surface area contributed by atoms with Gasteiger partial charge in [0.15, 0.2) is 0 Å². The van der Waals surface area contributed by atoms with Crippen LogP contribution in [0, 0.1) is 6.92 Å². The summed E-state index contributed by atoms with van der Waals surface area (Å²) in [6.45, 7) is 43.2. The first kappa shape index (κ1) is 54.7. The molecular formula is C77H86BN3S. The van der Waals surface area contributed by atoms with Crippen molar-refractivity contribution in [3.63, 3.8) is 0 Å². The minimum atomic E-state index is -0.121. The van der Waals surface area contributed by atoms with E-state index in [1.165, 1.54) is 128 Å². The smallest absolute Gasteiger partial charge is 0.252 e. The lowest BCUT2D eigenvalue weighted by Crippen LogP contribution is -2.62. The number of benzene rings is 8. The first-order valence-corrected chi connectivity index (χ1v) is 31.4. The monoisotopic (exact) mass is 1100 g/mol. The van der Waals surface area contributed by atoms with Crippen molar-refractivity contribution in [3.8, 4) is 0 Å². The second-order valence-corrected chi connectivity index (χ2v) is 32.0. The van der Waals surface area contributed by atoms with Gasteiger partial charge in [0.1, 0.15) is 0 Å². The summed E-state index contributed by atoms with van der Waals surface area (Å²) in [4.78, 5) is 7.91. The van der Waals surface area contributed by atoms with E-state index >= 15 is 0 Å². The summed E-state index contributed by atoms with van der Waals surface area (Å²) in [5.41, 5.74) is 26.5. The highest BCUT2D eigenvalue weighted by atomic mass is 32.1. The van der Waals surface area contributed by atoms with E-state index in [1.807, 2.05) is 11.3 Å². The van der Waals surface area contributed by atoms with Crippen molar-refractivity contribution in [2.45, 2.75) is 188 Å². The molecule has 0 saturated heterocycles. The Labute approximate surface area is 495 Å². The summed E-state index contributed by atoms with van der Waals surface area (Å²) < 4.78 is 2.71. The van der Waals surface area contributed by atoms with Crippen molar-refractivity contribution < 1.29 is 0 Å². The van der Waals surface area contributed by atoms with Crippen LogP contribution in [0.1, 0.15) is 188 Å². The van der Waals surface area contributed by atoms with E-state index in [2.05, 4.69) is 285 Å². The van der Waals surface area contributed by atoms with Gasteiger partial charge in [0, 0.05) is 71.4 Å². The molecule has 0 fully saturated rings. The van der Waals surface area contributed by atoms with Gasteiger partial charge in [0.25, 0.3) is 6.71 Å². The van der Waals surface area contributed by atoms with E-state index in [1.54, 1.807) is 0 Å². The van der Waals surface area contributed by atoms with Gasteiger partial charge in [-0.15, -0.1) is 11.3 Å². The second-order valence-electron chi connectivity index (χ2n) is 30.9. The van der Waals surface area contributed by atoms with Crippen LogP contribution in [0.3, 0.4) is 0 Å². The topological polar surface area (TPSA) is 9.72 Å². The molecule has 9 aromatic rings. The van der Waals surface area contributed by atoms with Crippen molar-refractivity contribution >= 4 is 106 Å². The maximum Gasteiger partial charge on any atom is 0.252 e. The van der Waals surface area contributed by atoms with E-state index in [0.29, 0.717) is 0 Å². The molecule has 0 unspecified atom stereocenters. The Kier molecular flexibility index (Phi) is 12.2. The van der Waals surface area contributed by atoms with Gasteiger partial charge in [0.05, 0.1) is 0 Å². The molecule has 1 aromatic heterocycles. The summed E-state index contributed by atoms with van der Waals surface area (Å²) >= 11 is 1.94. The highest BCUT2D eigenvalue weighted by Crippen LogP contribution is 2.54. The van der Waals surface area contributed by atoms with Crippen LogP contribution < -0.4 is 31.1 Å². The van der Waals surface area contributed by atoms with Crippen LogP contribution in [-0.4, -0.2) is 6.71 Å². The number of rotatable bonds is 5. The van der Waals surface area contributed by atoms with Gasteiger partial charge in [-0.25, -0.2) is 0 Å². The van der Waals surface area contributed by atoms with Gasteiger partial charge in [-0.2, -0.15) is 0 Å². The molecule has 8 aromatic carbocycles. The zero-order valence-corrected chi connectivity index (χ0v) is 53.3. The first-order chi connectivity index (χ1) is 38.4. The Balaban J connectivity index is 1.14. The SMILES string of the molecule is Cc1cc2c3c(c1)N(c1ccc4c(c1)C(C)(C)CCC4(C)C)c1cc4c(cc1B3c1ccc(N(c3ccc(C(C)(C)C)cc3)c3ccc(C(C)(C)C)cc3)cc1N2c1cc(C(C)(C)C)c2sc3ccccc3c2c1)C(C)(C)CCC4(C)C. The molecule has 2 aliphatic carbocycles. The predicted octanol–water partition coefficient (Wildman–Crippen LogP) is 20.5. The summed E-state index contributed by atoms with van der Waals surface area (Å²) in [6, 6.07) is 58.4. The molecule has 0 saturated carbocycles. The Morgan fingerprint density at radius 3 is 1.49 bits per heavy atom. The highest BCUT2D eigenvalue weighted by Gasteiger charge is 2.48. The molecule has 0 spiro atoms. The number of hydrogen-bond acceptors (Lipinski definition) is 4. The van der Waals surface area contributed by atoms with Crippen LogP contribution >= 0.6 is 11.3 Å². The van der Waals surface area contributed by atoms with E-state index in [-0.39, 0.29) is 44.6 Å². The number of thiophene rings is 1. The van der Waals surface area contributed by atoms with Crippen LogP contribution in [0.25, 0.3) is 20.2 Å². The summed E-state index contributed by atoms with van der Waals surface area (Å²) in [5.74, 6) is 0.